The fourth-order valence-electron chi connectivity index (χ4n) is 6.58. The Labute approximate surface area is 270 Å². The van der Waals surface area contributed by atoms with Gasteiger partial charge in [-0.25, -0.2) is 14.4 Å². The Hall–Kier alpha value is -3.64. The molecule has 0 spiro atoms. The number of imidazole rings is 1. The lowest BCUT2D eigenvalue weighted by molar-refractivity contribution is -0.118. The maximum atomic E-state index is 14.0. The first kappa shape index (κ1) is 30.0. The van der Waals surface area contributed by atoms with Gasteiger partial charge in [-0.15, -0.1) is 16.4 Å². The summed E-state index contributed by atoms with van der Waals surface area (Å²) in [5, 5.41) is 9.93. The van der Waals surface area contributed by atoms with E-state index in [-0.39, 0.29) is 25.3 Å². The Balaban J connectivity index is 1.15. The van der Waals surface area contributed by atoms with Gasteiger partial charge in [0.25, 0.3) is 5.91 Å². The second-order valence-electron chi connectivity index (χ2n) is 11.9. The summed E-state index contributed by atoms with van der Waals surface area (Å²) in [6.07, 6.45) is 6.66. The van der Waals surface area contributed by atoms with E-state index in [1.54, 1.807) is 24.2 Å². The van der Waals surface area contributed by atoms with E-state index < -0.39 is 6.17 Å². The number of thiazole rings is 1. The van der Waals surface area contributed by atoms with E-state index in [9.17, 15) is 9.18 Å². The third-order valence-electron chi connectivity index (χ3n) is 9.03. The third kappa shape index (κ3) is 5.90. The summed E-state index contributed by atoms with van der Waals surface area (Å²) >= 11 is 8.39. The zero-order valence-corrected chi connectivity index (χ0v) is 26.9. The Morgan fingerprint density at radius 3 is 2.73 bits per heavy atom. The number of likely N-dealkylation sites (tertiary alicyclic amines) is 1. The number of methoxy groups -OCH3 is 1. The monoisotopic (exact) mass is 647 g/mol. The van der Waals surface area contributed by atoms with E-state index in [2.05, 4.69) is 45.2 Å². The van der Waals surface area contributed by atoms with Crippen LogP contribution in [0.15, 0.2) is 54.4 Å². The zero-order valence-electron chi connectivity index (χ0n) is 25.3. The van der Waals surface area contributed by atoms with E-state index in [1.165, 1.54) is 26.7 Å². The van der Waals surface area contributed by atoms with Gasteiger partial charge in [-0.3, -0.25) is 4.79 Å². The summed E-state index contributed by atoms with van der Waals surface area (Å²) in [5.41, 5.74) is 6.22. The first-order chi connectivity index (χ1) is 21.9. The standard InChI is InChI=1S/C33H35ClFN7O2S/c1-21-15-26(24-5-3-22(4-6-24)23-7-10-39(11-8-23)12-13-44-2)31(34)32-27(21)19-41(38-32)42(33-36-9-14-45-33)30(43)17-28-29-16-25(35)18-40(29)20-37-28/h3-6,9,14-15,19-20,23,25H,7-8,10-13,16-18H2,1-2H3/t25-/m1/s1. The maximum absolute atomic E-state index is 14.0. The highest BCUT2D eigenvalue weighted by Gasteiger charge is 2.29. The Morgan fingerprint density at radius 2 is 2.00 bits per heavy atom. The molecule has 1 saturated heterocycles. The summed E-state index contributed by atoms with van der Waals surface area (Å²) in [4.78, 5) is 26.6. The number of fused-ring (bicyclic) bond motifs is 2. The first-order valence-electron chi connectivity index (χ1n) is 15.3. The largest absolute Gasteiger partial charge is 0.383 e. The van der Waals surface area contributed by atoms with Gasteiger partial charge in [-0.1, -0.05) is 35.9 Å². The minimum Gasteiger partial charge on any atom is -0.383 e. The fourth-order valence-corrected chi connectivity index (χ4v) is 7.53. The van der Waals surface area contributed by atoms with Crippen LogP contribution < -0.4 is 5.01 Å². The van der Waals surface area contributed by atoms with Crippen LogP contribution >= 0.6 is 22.9 Å². The van der Waals surface area contributed by atoms with Crippen molar-refractivity contribution in [1.82, 2.24) is 29.3 Å². The molecule has 0 radical (unpaired) electrons. The summed E-state index contributed by atoms with van der Waals surface area (Å²) < 4.78 is 21.1. The molecule has 0 bridgehead atoms. The molecule has 0 saturated carbocycles. The van der Waals surface area contributed by atoms with Crippen LogP contribution in [0.25, 0.3) is 22.0 Å². The van der Waals surface area contributed by atoms with Gasteiger partial charge in [0.05, 0.1) is 42.8 Å². The van der Waals surface area contributed by atoms with Crippen LogP contribution in [-0.4, -0.2) is 74.8 Å². The van der Waals surface area contributed by atoms with Crippen molar-refractivity contribution in [1.29, 1.82) is 0 Å². The van der Waals surface area contributed by atoms with Crippen molar-refractivity contribution < 1.29 is 13.9 Å². The molecule has 7 rings (SSSR count). The second kappa shape index (κ2) is 12.6. The molecule has 9 nitrogen and oxygen atoms in total. The SMILES string of the molecule is COCCN1CCC(c2ccc(-c3cc(C)c4cn(N(C(=O)Cc5ncn6c5C[C@@H](F)C6)c5nccs5)nc4c3Cl)cc2)CC1. The number of benzene rings is 2. The van der Waals surface area contributed by atoms with Gasteiger partial charge >= 0.3 is 0 Å². The van der Waals surface area contributed by atoms with Crippen LogP contribution in [0.4, 0.5) is 9.52 Å². The van der Waals surface area contributed by atoms with Crippen molar-refractivity contribution in [2.75, 3.05) is 38.4 Å². The molecule has 5 heterocycles. The number of hydrogen-bond acceptors (Lipinski definition) is 7. The molecule has 2 aliphatic rings. The van der Waals surface area contributed by atoms with Gasteiger partial charge in [0.1, 0.15) is 11.7 Å². The third-order valence-corrected chi connectivity index (χ3v) is 10.2. The van der Waals surface area contributed by atoms with E-state index in [4.69, 9.17) is 21.4 Å². The molecule has 12 heteroatoms. The number of piperidine rings is 1. The lowest BCUT2D eigenvalue weighted by atomic mass is 9.88. The predicted molar refractivity (Wildman–Crippen MR) is 175 cm³/mol. The van der Waals surface area contributed by atoms with Crippen LogP contribution in [0.1, 0.15) is 41.3 Å². The number of hydrogen-bond donors (Lipinski definition) is 0. The van der Waals surface area contributed by atoms with Crippen LogP contribution in [0.3, 0.4) is 0 Å². The number of rotatable bonds is 9. The van der Waals surface area contributed by atoms with Crippen molar-refractivity contribution in [3.8, 4) is 11.1 Å². The van der Waals surface area contributed by atoms with Crippen LogP contribution in [0.2, 0.25) is 5.02 Å². The van der Waals surface area contributed by atoms with Crippen molar-refractivity contribution in [3.05, 3.63) is 82.0 Å². The Kier molecular flexibility index (Phi) is 8.43. The number of nitrogens with zero attached hydrogens (tertiary/aromatic N) is 7. The lowest BCUT2D eigenvalue weighted by Crippen LogP contribution is -2.37. The van der Waals surface area contributed by atoms with E-state index in [1.807, 2.05) is 18.5 Å². The average molecular weight is 648 g/mol. The van der Waals surface area contributed by atoms with Crippen LogP contribution in [0.5, 0.6) is 0 Å². The Bertz CT molecular complexity index is 1810. The molecule has 5 aromatic rings. The molecule has 0 aliphatic carbocycles. The number of carbonyl (C=O) groups excluding carboxylic acids is 1. The highest BCUT2D eigenvalue weighted by atomic mass is 35.5. The van der Waals surface area contributed by atoms with Gasteiger partial charge in [-0.05, 0) is 61.5 Å². The van der Waals surface area contributed by atoms with Gasteiger partial charge in [0, 0.05) is 48.3 Å². The number of ether oxygens (including phenoxy) is 1. The molecule has 0 N–H and O–H groups in total. The van der Waals surface area contributed by atoms with E-state index >= 15 is 0 Å². The predicted octanol–water partition coefficient (Wildman–Crippen LogP) is 6.08. The minimum absolute atomic E-state index is 0.00132. The number of anilines is 1. The molecular weight excluding hydrogens is 613 g/mol. The molecule has 1 amide bonds. The molecule has 0 unspecified atom stereocenters. The van der Waals surface area contributed by atoms with Gasteiger partial charge in [0.15, 0.2) is 0 Å². The fraction of sp³-hybridized carbons (Fsp3) is 0.394. The molecule has 1 atom stereocenters. The van der Waals surface area contributed by atoms with Gasteiger partial charge in [0.2, 0.25) is 5.13 Å². The molecule has 3 aromatic heterocycles. The number of halogens is 2. The van der Waals surface area contributed by atoms with Crippen molar-refractivity contribution in [2.24, 2.45) is 0 Å². The summed E-state index contributed by atoms with van der Waals surface area (Å²) in [7, 11) is 1.75. The number of carbonyl (C=O) groups is 1. The normalized spacial score (nSPS) is 17.3. The van der Waals surface area contributed by atoms with Crippen molar-refractivity contribution >= 4 is 44.9 Å². The topological polar surface area (TPSA) is 81.3 Å². The van der Waals surface area contributed by atoms with Crippen molar-refractivity contribution in [2.45, 2.75) is 51.2 Å². The minimum atomic E-state index is -0.955. The molecule has 45 heavy (non-hydrogen) atoms. The van der Waals surface area contributed by atoms with Crippen LogP contribution in [0, 0.1) is 6.92 Å². The quantitative estimate of drug-likeness (QED) is 0.193. The number of alkyl halides is 1. The summed E-state index contributed by atoms with van der Waals surface area (Å²) in [6, 6.07) is 10.8. The number of aryl methyl sites for hydroxylation is 1. The molecule has 2 aliphatic heterocycles. The molecule has 1 fully saturated rings. The first-order valence-corrected chi connectivity index (χ1v) is 16.5. The van der Waals surface area contributed by atoms with Gasteiger partial charge < -0.3 is 14.2 Å². The molecule has 2 aromatic carbocycles. The summed E-state index contributed by atoms with van der Waals surface area (Å²) in [6.45, 7) is 6.23. The number of amides is 1. The maximum Gasteiger partial charge on any atom is 0.255 e. The van der Waals surface area contributed by atoms with E-state index in [0.717, 1.165) is 66.9 Å². The van der Waals surface area contributed by atoms with E-state index in [0.29, 0.717) is 27.3 Å². The van der Waals surface area contributed by atoms with Gasteiger partial charge in [-0.2, -0.15) is 9.80 Å². The average Bonchev–Trinajstić information content (AvgIpc) is 3.86. The van der Waals surface area contributed by atoms with Crippen LogP contribution in [-0.2, 0) is 28.9 Å². The Morgan fingerprint density at radius 1 is 1.20 bits per heavy atom. The molecular formula is C33H35ClFN7O2S. The smallest absolute Gasteiger partial charge is 0.255 e. The number of aromatic nitrogens is 5. The summed E-state index contributed by atoms with van der Waals surface area (Å²) in [5.74, 6) is 0.278. The van der Waals surface area contributed by atoms with Crippen molar-refractivity contribution in [3.63, 3.8) is 0 Å². The highest BCUT2D eigenvalue weighted by Crippen LogP contribution is 2.38. The molecule has 234 valence electrons. The second-order valence-corrected chi connectivity index (χ2v) is 13.1. The zero-order chi connectivity index (χ0) is 31.1. The lowest BCUT2D eigenvalue weighted by Gasteiger charge is -2.32. The highest BCUT2D eigenvalue weighted by molar-refractivity contribution is 7.13.